The van der Waals surface area contributed by atoms with Crippen LogP contribution in [0, 0.1) is 6.92 Å². The first-order chi connectivity index (χ1) is 13.4. The van der Waals surface area contributed by atoms with Crippen LogP contribution in [0.2, 0.25) is 0 Å². The van der Waals surface area contributed by atoms with Crippen LogP contribution in [0.25, 0.3) is 0 Å². The molecule has 2 heterocycles. The zero-order valence-corrected chi connectivity index (χ0v) is 17.1. The predicted molar refractivity (Wildman–Crippen MR) is 104 cm³/mol. The highest BCUT2D eigenvalue weighted by atomic mass is 32.2. The van der Waals surface area contributed by atoms with E-state index in [1.54, 1.807) is 26.2 Å². The molecule has 3 rings (SSSR count). The van der Waals surface area contributed by atoms with Gasteiger partial charge in [-0.05, 0) is 49.9 Å². The zero-order chi connectivity index (χ0) is 20.1. The summed E-state index contributed by atoms with van der Waals surface area (Å²) in [6.07, 6.45) is 3.34. The van der Waals surface area contributed by atoms with Gasteiger partial charge >= 0.3 is 6.01 Å². The Kier molecular flexibility index (Phi) is 6.30. The molecule has 0 spiro atoms. The Morgan fingerprint density at radius 1 is 1.07 bits per heavy atom. The Morgan fingerprint density at radius 2 is 1.82 bits per heavy atom. The average Bonchev–Trinajstić information content (AvgIpc) is 2.72. The highest BCUT2D eigenvalue weighted by Gasteiger charge is 2.19. The fourth-order valence-corrected chi connectivity index (χ4v) is 4.12. The van der Waals surface area contributed by atoms with Crippen LogP contribution in [0.15, 0.2) is 23.1 Å². The Hall–Kier alpha value is -2.46. The van der Waals surface area contributed by atoms with Crippen molar-refractivity contribution in [3.63, 3.8) is 0 Å². The van der Waals surface area contributed by atoms with Crippen molar-refractivity contribution in [1.82, 2.24) is 19.7 Å². The summed E-state index contributed by atoms with van der Waals surface area (Å²) in [5, 5.41) is 0. The third-order valence-corrected chi connectivity index (χ3v) is 5.97. The van der Waals surface area contributed by atoms with Gasteiger partial charge in [0.25, 0.3) is 0 Å². The van der Waals surface area contributed by atoms with E-state index in [0.29, 0.717) is 17.5 Å². The lowest BCUT2D eigenvalue weighted by Gasteiger charge is -2.26. The molecule has 152 valence electrons. The first-order valence-corrected chi connectivity index (χ1v) is 10.6. The molecule has 1 N–H and O–H groups in total. The number of rotatable bonds is 7. The molecule has 0 saturated carbocycles. The number of nitrogens with zero attached hydrogens (tertiary/aromatic N) is 4. The van der Waals surface area contributed by atoms with E-state index in [4.69, 9.17) is 9.47 Å². The van der Waals surface area contributed by atoms with Crippen LogP contribution < -0.4 is 19.1 Å². The van der Waals surface area contributed by atoms with E-state index in [1.807, 2.05) is 0 Å². The molecule has 1 aliphatic heterocycles. The molecule has 0 unspecified atom stereocenters. The summed E-state index contributed by atoms with van der Waals surface area (Å²) in [5.74, 6) is 1.45. The average molecular weight is 407 g/mol. The molecule has 0 atom stereocenters. The SMILES string of the molecule is COc1nc(CNS(=O)(=O)c2ccc(OC)c(C)c2)nc(N2CCCCC2)n1. The fraction of sp³-hybridized carbons (Fsp3) is 0.500. The van der Waals surface area contributed by atoms with Crippen LogP contribution in [-0.2, 0) is 16.6 Å². The van der Waals surface area contributed by atoms with Crippen LogP contribution in [0.3, 0.4) is 0 Å². The van der Waals surface area contributed by atoms with Gasteiger partial charge in [0.15, 0.2) is 5.82 Å². The third-order valence-electron chi connectivity index (χ3n) is 4.57. The summed E-state index contributed by atoms with van der Waals surface area (Å²) < 4.78 is 38.2. The Balaban J connectivity index is 1.78. The van der Waals surface area contributed by atoms with Gasteiger partial charge in [0.1, 0.15) is 5.75 Å². The molecule has 28 heavy (non-hydrogen) atoms. The maximum Gasteiger partial charge on any atom is 0.321 e. The summed E-state index contributed by atoms with van der Waals surface area (Å²) >= 11 is 0. The molecule has 1 fully saturated rings. The number of hydrogen-bond donors (Lipinski definition) is 1. The van der Waals surface area contributed by atoms with Gasteiger partial charge in [-0.3, -0.25) is 0 Å². The van der Waals surface area contributed by atoms with Crippen molar-refractivity contribution in [2.24, 2.45) is 0 Å². The van der Waals surface area contributed by atoms with Gasteiger partial charge in [-0.2, -0.15) is 15.0 Å². The van der Waals surface area contributed by atoms with Crippen molar-refractivity contribution in [3.8, 4) is 11.8 Å². The normalized spacial score (nSPS) is 14.8. The van der Waals surface area contributed by atoms with Gasteiger partial charge in [0.05, 0.1) is 25.7 Å². The number of benzene rings is 1. The number of ether oxygens (including phenoxy) is 2. The maximum atomic E-state index is 12.6. The largest absolute Gasteiger partial charge is 0.496 e. The van der Waals surface area contributed by atoms with Crippen LogP contribution in [-0.4, -0.2) is 50.7 Å². The summed E-state index contributed by atoms with van der Waals surface area (Å²) in [5.41, 5.74) is 0.736. The maximum absolute atomic E-state index is 12.6. The van der Waals surface area contributed by atoms with Crippen LogP contribution in [0.5, 0.6) is 11.8 Å². The van der Waals surface area contributed by atoms with E-state index in [-0.39, 0.29) is 17.5 Å². The van der Waals surface area contributed by atoms with E-state index in [2.05, 4.69) is 24.6 Å². The van der Waals surface area contributed by atoms with Gasteiger partial charge in [-0.25, -0.2) is 13.1 Å². The predicted octanol–water partition coefficient (Wildman–Crippen LogP) is 1.67. The molecule has 1 aromatic carbocycles. The van der Waals surface area contributed by atoms with E-state index in [9.17, 15) is 8.42 Å². The standard InChI is InChI=1S/C18H25N5O4S/c1-13-11-14(7-8-15(13)26-2)28(24,25)19-12-16-20-17(22-18(21-16)27-3)23-9-5-4-6-10-23/h7-8,11,19H,4-6,9-10,12H2,1-3H3. The van der Waals surface area contributed by atoms with Crippen molar-refractivity contribution >= 4 is 16.0 Å². The second kappa shape index (κ2) is 8.70. The molecule has 0 bridgehead atoms. The lowest BCUT2D eigenvalue weighted by Crippen LogP contribution is -2.32. The van der Waals surface area contributed by atoms with Crippen LogP contribution in [0.4, 0.5) is 5.95 Å². The van der Waals surface area contributed by atoms with E-state index in [1.165, 1.54) is 19.6 Å². The van der Waals surface area contributed by atoms with Gasteiger partial charge in [-0.15, -0.1) is 0 Å². The van der Waals surface area contributed by atoms with Crippen LogP contribution in [0.1, 0.15) is 30.7 Å². The van der Waals surface area contributed by atoms with Gasteiger partial charge < -0.3 is 14.4 Å². The van der Waals surface area contributed by atoms with Crippen molar-refractivity contribution in [2.75, 3.05) is 32.2 Å². The minimum absolute atomic E-state index is 0.0624. The van der Waals surface area contributed by atoms with Crippen molar-refractivity contribution in [1.29, 1.82) is 0 Å². The fourth-order valence-electron chi connectivity index (χ4n) is 3.05. The molecule has 2 aromatic rings. The molecule has 0 radical (unpaired) electrons. The molecule has 10 heteroatoms. The van der Waals surface area contributed by atoms with Crippen LogP contribution >= 0.6 is 0 Å². The minimum Gasteiger partial charge on any atom is -0.496 e. The monoisotopic (exact) mass is 407 g/mol. The number of hydrogen-bond acceptors (Lipinski definition) is 8. The van der Waals surface area contributed by atoms with Crippen molar-refractivity contribution in [3.05, 3.63) is 29.6 Å². The number of aryl methyl sites for hydroxylation is 1. The first-order valence-electron chi connectivity index (χ1n) is 9.11. The Labute approximate surface area is 165 Å². The molecule has 0 aliphatic carbocycles. The Morgan fingerprint density at radius 3 is 2.46 bits per heavy atom. The van der Waals surface area contributed by atoms with E-state index >= 15 is 0 Å². The first kappa shape index (κ1) is 20.3. The third kappa shape index (κ3) is 4.68. The van der Waals surface area contributed by atoms with Gasteiger partial charge in [0, 0.05) is 13.1 Å². The quantitative estimate of drug-likeness (QED) is 0.739. The number of methoxy groups -OCH3 is 2. The number of anilines is 1. The topological polar surface area (TPSA) is 107 Å². The highest BCUT2D eigenvalue weighted by molar-refractivity contribution is 7.89. The molecular formula is C18H25N5O4S. The smallest absolute Gasteiger partial charge is 0.321 e. The van der Waals surface area contributed by atoms with Crippen molar-refractivity contribution < 1.29 is 17.9 Å². The molecule has 1 aromatic heterocycles. The lowest BCUT2D eigenvalue weighted by molar-refractivity contribution is 0.374. The molecule has 1 aliphatic rings. The highest BCUT2D eigenvalue weighted by Crippen LogP contribution is 2.22. The number of aromatic nitrogens is 3. The number of sulfonamides is 1. The zero-order valence-electron chi connectivity index (χ0n) is 16.3. The minimum atomic E-state index is -3.72. The van der Waals surface area contributed by atoms with Gasteiger partial charge in [0.2, 0.25) is 16.0 Å². The number of piperidine rings is 1. The van der Waals surface area contributed by atoms with Gasteiger partial charge in [-0.1, -0.05) is 0 Å². The lowest BCUT2D eigenvalue weighted by atomic mass is 10.1. The number of nitrogens with one attached hydrogen (secondary N) is 1. The van der Waals surface area contributed by atoms with E-state index < -0.39 is 10.0 Å². The van der Waals surface area contributed by atoms with Crippen molar-refractivity contribution in [2.45, 2.75) is 37.6 Å². The van der Waals surface area contributed by atoms with E-state index in [0.717, 1.165) is 31.5 Å². The molecular weight excluding hydrogens is 382 g/mol. The second-order valence-corrected chi connectivity index (χ2v) is 8.31. The molecule has 1 saturated heterocycles. The summed E-state index contributed by atoms with van der Waals surface area (Å²) in [7, 11) is -0.704. The Bertz CT molecular complexity index is 930. The summed E-state index contributed by atoms with van der Waals surface area (Å²) in [4.78, 5) is 15.1. The second-order valence-electron chi connectivity index (χ2n) is 6.54. The molecule has 0 amide bonds. The summed E-state index contributed by atoms with van der Waals surface area (Å²) in [6.45, 7) is 3.46. The summed E-state index contributed by atoms with van der Waals surface area (Å²) in [6, 6.07) is 4.87. The molecule has 9 nitrogen and oxygen atoms in total.